The molecule has 0 aliphatic carbocycles. The molecule has 0 radical (unpaired) electrons. The standard InChI is InChI=1S/C12H11BrN2O2/c1-6-3-8(5-9(13)4-6)11-14-7(2)10(15-11)12(16)17/h3-5H,1-2H3,(H,14,15)(H,16,17). The SMILES string of the molecule is Cc1cc(Br)cc(-c2nc(C(=O)O)c(C)[nH]2)c1. The van der Waals surface area contributed by atoms with E-state index in [0.717, 1.165) is 15.6 Å². The third kappa shape index (κ3) is 2.39. The number of aromatic carboxylic acids is 1. The van der Waals surface area contributed by atoms with Crippen molar-refractivity contribution in [1.82, 2.24) is 9.97 Å². The van der Waals surface area contributed by atoms with Crippen molar-refractivity contribution in [2.45, 2.75) is 13.8 Å². The molecule has 0 spiro atoms. The molecule has 0 bridgehead atoms. The van der Waals surface area contributed by atoms with E-state index in [0.29, 0.717) is 11.5 Å². The van der Waals surface area contributed by atoms with Crippen LogP contribution in [-0.2, 0) is 0 Å². The van der Waals surface area contributed by atoms with E-state index in [1.165, 1.54) is 0 Å². The highest BCUT2D eigenvalue weighted by atomic mass is 79.9. The van der Waals surface area contributed by atoms with Gasteiger partial charge >= 0.3 is 5.97 Å². The minimum atomic E-state index is -1.02. The summed E-state index contributed by atoms with van der Waals surface area (Å²) in [5.41, 5.74) is 2.58. The molecule has 2 rings (SSSR count). The topological polar surface area (TPSA) is 66.0 Å². The Kier molecular flexibility index (Phi) is 3.02. The van der Waals surface area contributed by atoms with Crippen molar-refractivity contribution in [2.24, 2.45) is 0 Å². The Balaban J connectivity index is 2.53. The van der Waals surface area contributed by atoms with Crippen LogP contribution in [0.2, 0.25) is 0 Å². The Morgan fingerprint density at radius 3 is 2.59 bits per heavy atom. The van der Waals surface area contributed by atoms with Crippen LogP contribution in [0.15, 0.2) is 22.7 Å². The summed E-state index contributed by atoms with van der Waals surface area (Å²) in [4.78, 5) is 18.0. The van der Waals surface area contributed by atoms with Crippen molar-refractivity contribution >= 4 is 21.9 Å². The molecule has 5 heteroatoms. The highest BCUT2D eigenvalue weighted by Gasteiger charge is 2.14. The molecule has 2 aromatic rings. The lowest BCUT2D eigenvalue weighted by atomic mass is 10.1. The number of carboxylic acids is 1. The molecule has 17 heavy (non-hydrogen) atoms. The van der Waals surface area contributed by atoms with Gasteiger partial charge in [0, 0.05) is 15.7 Å². The number of aromatic nitrogens is 2. The quantitative estimate of drug-likeness (QED) is 0.894. The summed E-state index contributed by atoms with van der Waals surface area (Å²) in [5.74, 6) is -0.444. The number of aryl methyl sites for hydroxylation is 2. The molecular formula is C12H11BrN2O2. The number of H-pyrrole nitrogens is 1. The predicted molar refractivity (Wildman–Crippen MR) is 68.2 cm³/mol. The summed E-state index contributed by atoms with van der Waals surface area (Å²) >= 11 is 3.41. The Bertz CT molecular complexity index is 570. The molecule has 1 aromatic heterocycles. The van der Waals surface area contributed by atoms with Gasteiger partial charge in [-0.15, -0.1) is 0 Å². The van der Waals surface area contributed by atoms with Crippen molar-refractivity contribution < 1.29 is 9.90 Å². The van der Waals surface area contributed by atoms with Crippen molar-refractivity contribution in [1.29, 1.82) is 0 Å². The maximum atomic E-state index is 10.9. The highest BCUT2D eigenvalue weighted by molar-refractivity contribution is 9.10. The summed E-state index contributed by atoms with van der Waals surface area (Å²) in [6.07, 6.45) is 0. The van der Waals surface area contributed by atoms with Crippen LogP contribution in [0.25, 0.3) is 11.4 Å². The molecule has 0 fully saturated rings. The van der Waals surface area contributed by atoms with E-state index in [4.69, 9.17) is 5.11 Å². The van der Waals surface area contributed by atoms with Crippen molar-refractivity contribution in [3.8, 4) is 11.4 Å². The zero-order chi connectivity index (χ0) is 12.6. The van der Waals surface area contributed by atoms with E-state index in [1.54, 1.807) is 6.92 Å². The van der Waals surface area contributed by atoms with Crippen LogP contribution in [0, 0.1) is 13.8 Å². The third-order valence-electron chi connectivity index (χ3n) is 2.40. The zero-order valence-electron chi connectivity index (χ0n) is 9.41. The fourth-order valence-electron chi connectivity index (χ4n) is 1.68. The van der Waals surface area contributed by atoms with Gasteiger partial charge in [-0.1, -0.05) is 15.9 Å². The number of benzene rings is 1. The number of aromatic amines is 1. The summed E-state index contributed by atoms with van der Waals surface area (Å²) in [7, 11) is 0. The van der Waals surface area contributed by atoms with Gasteiger partial charge in [0.25, 0.3) is 0 Å². The van der Waals surface area contributed by atoms with Gasteiger partial charge in [0.1, 0.15) is 5.82 Å². The number of hydrogen-bond donors (Lipinski definition) is 2. The fourth-order valence-corrected chi connectivity index (χ4v) is 2.29. The first kappa shape index (κ1) is 11.9. The fraction of sp³-hybridized carbons (Fsp3) is 0.167. The largest absolute Gasteiger partial charge is 0.476 e. The highest BCUT2D eigenvalue weighted by Crippen LogP contribution is 2.23. The number of carboxylic acid groups (broad SMARTS) is 1. The molecule has 0 unspecified atom stereocenters. The Labute approximate surface area is 107 Å². The van der Waals surface area contributed by atoms with Crippen LogP contribution in [0.1, 0.15) is 21.7 Å². The van der Waals surface area contributed by atoms with Gasteiger partial charge in [-0.25, -0.2) is 9.78 Å². The molecule has 4 nitrogen and oxygen atoms in total. The zero-order valence-corrected chi connectivity index (χ0v) is 11.0. The van der Waals surface area contributed by atoms with Gasteiger partial charge in [0.2, 0.25) is 0 Å². The molecule has 0 saturated heterocycles. The van der Waals surface area contributed by atoms with E-state index < -0.39 is 5.97 Å². The molecule has 1 aromatic carbocycles. The maximum absolute atomic E-state index is 10.9. The van der Waals surface area contributed by atoms with Crippen LogP contribution < -0.4 is 0 Å². The van der Waals surface area contributed by atoms with Gasteiger partial charge in [0.15, 0.2) is 5.69 Å². The number of nitrogens with one attached hydrogen (secondary N) is 1. The number of hydrogen-bond acceptors (Lipinski definition) is 2. The molecular weight excluding hydrogens is 284 g/mol. The molecule has 0 aliphatic heterocycles. The molecule has 1 heterocycles. The molecule has 2 N–H and O–H groups in total. The Morgan fingerprint density at radius 1 is 1.35 bits per heavy atom. The molecule has 0 saturated carbocycles. The van der Waals surface area contributed by atoms with Crippen LogP contribution >= 0.6 is 15.9 Å². The molecule has 0 atom stereocenters. The van der Waals surface area contributed by atoms with E-state index in [1.807, 2.05) is 25.1 Å². The lowest BCUT2D eigenvalue weighted by molar-refractivity contribution is 0.0690. The van der Waals surface area contributed by atoms with Gasteiger partial charge in [0.05, 0.1) is 0 Å². The summed E-state index contributed by atoms with van der Waals surface area (Å²) in [5, 5.41) is 8.94. The van der Waals surface area contributed by atoms with Gasteiger partial charge in [-0.3, -0.25) is 0 Å². The van der Waals surface area contributed by atoms with Crippen LogP contribution in [-0.4, -0.2) is 21.0 Å². The number of halogens is 1. The first-order chi connectivity index (χ1) is 7.97. The Hall–Kier alpha value is -1.62. The maximum Gasteiger partial charge on any atom is 0.356 e. The second kappa shape index (κ2) is 4.33. The average molecular weight is 295 g/mol. The monoisotopic (exact) mass is 294 g/mol. The first-order valence-electron chi connectivity index (χ1n) is 5.05. The number of imidazole rings is 1. The van der Waals surface area contributed by atoms with Crippen LogP contribution in [0.3, 0.4) is 0 Å². The van der Waals surface area contributed by atoms with E-state index in [-0.39, 0.29) is 5.69 Å². The smallest absolute Gasteiger partial charge is 0.356 e. The van der Waals surface area contributed by atoms with Gasteiger partial charge in [-0.2, -0.15) is 0 Å². The van der Waals surface area contributed by atoms with Crippen molar-refractivity contribution in [3.63, 3.8) is 0 Å². The summed E-state index contributed by atoms with van der Waals surface area (Å²) in [6, 6.07) is 5.84. The van der Waals surface area contributed by atoms with Gasteiger partial charge in [-0.05, 0) is 37.6 Å². The van der Waals surface area contributed by atoms with Crippen LogP contribution in [0.4, 0.5) is 0 Å². The third-order valence-corrected chi connectivity index (χ3v) is 2.86. The minimum Gasteiger partial charge on any atom is -0.476 e. The second-order valence-electron chi connectivity index (χ2n) is 3.88. The van der Waals surface area contributed by atoms with E-state index in [2.05, 4.69) is 25.9 Å². The lowest BCUT2D eigenvalue weighted by Crippen LogP contribution is -1.98. The normalized spacial score (nSPS) is 10.5. The van der Waals surface area contributed by atoms with Crippen molar-refractivity contribution in [3.05, 3.63) is 39.6 Å². The summed E-state index contributed by atoms with van der Waals surface area (Å²) in [6.45, 7) is 3.67. The molecule has 88 valence electrons. The lowest BCUT2D eigenvalue weighted by Gasteiger charge is -2.00. The van der Waals surface area contributed by atoms with E-state index in [9.17, 15) is 4.79 Å². The first-order valence-corrected chi connectivity index (χ1v) is 5.84. The van der Waals surface area contributed by atoms with Gasteiger partial charge < -0.3 is 10.1 Å². The van der Waals surface area contributed by atoms with E-state index >= 15 is 0 Å². The average Bonchev–Trinajstić information content (AvgIpc) is 2.59. The summed E-state index contributed by atoms with van der Waals surface area (Å²) < 4.78 is 0.943. The number of nitrogens with zero attached hydrogens (tertiary/aromatic N) is 1. The Morgan fingerprint density at radius 2 is 2.06 bits per heavy atom. The minimum absolute atomic E-state index is 0.0672. The molecule has 0 amide bonds. The number of carbonyl (C=O) groups is 1. The second-order valence-corrected chi connectivity index (χ2v) is 4.80. The predicted octanol–water partition coefficient (Wildman–Crippen LogP) is 3.15. The van der Waals surface area contributed by atoms with Crippen LogP contribution in [0.5, 0.6) is 0 Å². The van der Waals surface area contributed by atoms with Crippen molar-refractivity contribution in [2.75, 3.05) is 0 Å². The molecule has 0 aliphatic rings. The number of rotatable bonds is 2.